The van der Waals surface area contributed by atoms with Crippen LogP contribution in [0.2, 0.25) is 0 Å². The lowest BCUT2D eigenvalue weighted by atomic mass is 10.0. The van der Waals surface area contributed by atoms with Gasteiger partial charge in [0, 0.05) is 5.88 Å². The van der Waals surface area contributed by atoms with Crippen molar-refractivity contribution in [2.24, 2.45) is 5.92 Å². The summed E-state index contributed by atoms with van der Waals surface area (Å²) < 4.78 is 0. The summed E-state index contributed by atoms with van der Waals surface area (Å²) in [6.07, 6.45) is 1.14. The van der Waals surface area contributed by atoms with E-state index in [9.17, 15) is 0 Å². The molecule has 1 heteroatoms. The predicted molar refractivity (Wildman–Crippen MR) is 54.5 cm³/mol. The van der Waals surface area contributed by atoms with E-state index in [2.05, 4.69) is 38.1 Å². The quantitative estimate of drug-likeness (QED) is 0.627. The molecule has 0 bridgehead atoms. The van der Waals surface area contributed by atoms with Crippen molar-refractivity contribution in [2.45, 2.75) is 26.1 Å². The molecule has 12 heavy (non-hydrogen) atoms. The Morgan fingerprint density at radius 1 is 1.25 bits per heavy atom. The molecule has 0 radical (unpaired) electrons. The van der Waals surface area contributed by atoms with Gasteiger partial charge in [-0.2, -0.15) is 0 Å². The van der Waals surface area contributed by atoms with E-state index in [1.54, 1.807) is 0 Å². The molecular weight excluding hydrogens is 168 g/mol. The molecule has 0 aliphatic rings. The Balaban J connectivity index is 2.72. The van der Waals surface area contributed by atoms with Gasteiger partial charge in [0.2, 0.25) is 0 Å². The minimum atomic E-state index is 0.617. The topological polar surface area (TPSA) is 0 Å². The van der Waals surface area contributed by atoms with Crippen molar-refractivity contribution in [1.82, 2.24) is 0 Å². The molecule has 0 saturated heterocycles. The third-order valence-corrected chi connectivity index (χ3v) is 2.10. The van der Waals surface area contributed by atoms with Crippen LogP contribution in [0.15, 0.2) is 24.3 Å². The molecule has 0 atom stereocenters. The number of hydrogen-bond donors (Lipinski definition) is 0. The van der Waals surface area contributed by atoms with Gasteiger partial charge < -0.3 is 0 Å². The average molecular weight is 183 g/mol. The summed E-state index contributed by atoms with van der Waals surface area (Å²) in [4.78, 5) is 0. The van der Waals surface area contributed by atoms with Crippen LogP contribution < -0.4 is 0 Å². The van der Waals surface area contributed by atoms with Crippen molar-refractivity contribution < 1.29 is 0 Å². The lowest BCUT2D eigenvalue weighted by Crippen LogP contribution is -1.94. The summed E-state index contributed by atoms with van der Waals surface area (Å²) in [5.74, 6) is 1.34. The van der Waals surface area contributed by atoms with E-state index in [4.69, 9.17) is 11.6 Å². The van der Waals surface area contributed by atoms with Crippen molar-refractivity contribution in [1.29, 1.82) is 0 Å². The molecule has 0 spiro atoms. The van der Waals surface area contributed by atoms with Crippen LogP contribution in [-0.4, -0.2) is 0 Å². The Kier molecular flexibility index (Phi) is 3.61. The Morgan fingerprint density at radius 3 is 2.50 bits per heavy atom. The maximum absolute atomic E-state index is 5.74. The largest absolute Gasteiger partial charge is 0.122 e. The minimum absolute atomic E-state index is 0.617. The van der Waals surface area contributed by atoms with Crippen LogP contribution in [0, 0.1) is 5.92 Å². The van der Waals surface area contributed by atoms with E-state index in [0.29, 0.717) is 5.88 Å². The first-order valence-corrected chi connectivity index (χ1v) is 4.89. The van der Waals surface area contributed by atoms with Gasteiger partial charge in [-0.1, -0.05) is 38.1 Å². The molecule has 1 rings (SSSR count). The highest BCUT2D eigenvalue weighted by molar-refractivity contribution is 6.17. The fraction of sp³-hybridized carbons (Fsp3) is 0.455. The van der Waals surface area contributed by atoms with Crippen LogP contribution in [0.5, 0.6) is 0 Å². The molecule has 0 unspecified atom stereocenters. The fourth-order valence-electron chi connectivity index (χ4n) is 1.31. The Morgan fingerprint density at radius 2 is 1.92 bits per heavy atom. The van der Waals surface area contributed by atoms with Gasteiger partial charge in [-0.05, 0) is 23.5 Å². The van der Waals surface area contributed by atoms with Crippen LogP contribution in [-0.2, 0) is 12.3 Å². The lowest BCUT2D eigenvalue weighted by Gasteiger charge is -2.05. The van der Waals surface area contributed by atoms with E-state index in [0.717, 1.165) is 12.3 Å². The second-order valence-corrected chi connectivity index (χ2v) is 3.82. The van der Waals surface area contributed by atoms with Gasteiger partial charge in [-0.15, -0.1) is 11.6 Å². The van der Waals surface area contributed by atoms with Crippen LogP contribution in [0.25, 0.3) is 0 Å². The van der Waals surface area contributed by atoms with E-state index in [-0.39, 0.29) is 0 Å². The maximum atomic E-state index is 5.74. The molecule has 1 aromatic rings. The molecule has 66 valence electrons. The number of halogens is 1. The second-order valence-electron chi connectivity index (χ2n) is 3.55. The zero-order valence-electron chi connectivity index (χ0n) is 7.68. The van der Waals surface area contributed by atoms with Gasteiger partial charge in [0.05, 0.1) is 0 Å². The highest BCUT2D eigenvalue weighted by Crippen LogP contribution is 2.11. The molecule has 0 saturated carbocycles. The molecular formula is C11H15Cl. The lowest BCUT2D eigenvalue weighted by molar-refractivity contribution is 0.647. The van der Waals surface area contributed by atoms with Gasteiger partial charge in [-0.25, -0.2) is 0 Å². The number of alkyl halides is 1. The van der Waals surface area contributed by atoms with Gasteiger partial charge in [-0.3, -0.25) is 0 Å². The third kappa shape index (κ3) is 2.86. The van der Waals surface area contributed by atoms with Gasteiger partial charge >= 0.3 is 0 Å². The zero-order chi connectivity index (χ0) is 8.97. The van der Waals surface area contributed by atoms with Gasteiger partial charge in [0.1, 0.15) is 0 Å². The first kappa shape index (κ1) is 9.60. The maximum Gasteiger partial charge on any atom is 0.0474 e. The molecule has 0 aliphatic heterocycles. The van der Waals surface area contributed by atoms with Crippen LogP contribution in [0.3, 0.4) is 0 Å². The average Bonchev–Trinajstić information content (AvgIpc) is 2.03. The summed E-state index contributed by atoms with van der Waals surface area (Å²) in [5.41, 5.74) is 2.61. The normalized spacial score (nSPS) is 10.7. The van der Waals surface area contributed by atoms with Crippen molar-refractivity contribution in [2.75, 3.05) is 0 Å². The number of benzene rings is 1. The standard InChI is InChI=1S/C11H15Cl/c1-9(2)6-10-4-3-5-11(7-10)8-12/h3-5,7,9H,6,8H2,1-2H3. The van der Waals surface area contributed by atoms with Crippen LogP contribution >= 0.6 is 11.6 Å². The molecule has 0 nitrogen and oxygen atoms in total. The van der Waals surface area contributed by atoms with E-state index in [1.165, 1.54) is 11.1 Å². The van der Waals surface area contributed by atoms with E-state index < -0.39 is 0 Å². The monoisotopic (exact) mass is 182 g/mol. The van der Waals surface area contributed by atoms with Crippen molar-refractivity contribution in [3.8, 4) is 0 Å². The second kappa shape index (κ2) is 4.51. The summed E-state index contributed by atoms with van der Waals surface area (Å²) in [5, 5.41) is 0. The first-order valence-electron chi connectivity index (χ1n) is 4.36. The van der Waals surface area contributed by atoms with Crippen molar-refractivity contribution >= 4 is 11.6 Å². The highest BCUT2D eigenvalue weighted by Gasteiger charge is 1.97. The molecule has 0 heterocycles. The van der Waals surface area contributed by atoms with Crippen molar-refractivity contribution in [3.05, 3.63) is 35.4 Å². The molecule has 0 N–H and O–H groups in total. The summed E-state index contributed by atoms with van der Waals surface area (Å²) in [7, 11) is 0. The van der Waals surface area contributed by atoms with Crippen LogP contribution in [0.4, 0.5) is 0 Å². The minimum Gasteiger partial charge on any atom is -0.122 e. The molecule has 0 fully saturated rings. The Labute approximate surface area is 79.6 Å². The Bertz CT molecular complexity index is 241. The number of hydrogen-bond acceptors (Lipinski definition) is 0. The van der Waals surface area contributed by atoms with Crippen molar-refractivity contribution in [3.63, 3.8) is 0 Å². The third-order valence-electron chi connectivity index (χ3n) is 1.79. The fourth-order valence-corrected chi connectivity index (χ4v) is 1.48. The van der Waals surface area contributed by atoms with Crippen LogP contribution in [0.1, 0.15) is 25.0 Å². The predicted octanol–water partition coefficient (Wildman–Crippen LogP) is 3.62. The molecule has 0 amide bonds. The number of rotatable bonds is 3. The smallest absolute Gasteiger partial charge is 0.0474 e. The van der Waals surface area contributed by atoms with Gasteiger partial charge in [0.15, 0.2) is 0 Å². The Hall–Kier alpha value is -0.490. The summed E-state index contributed by atoms with van der Waals surface area (Å²) >= 11 is 5.74. The highest BCUT2D eigenvalue weighted by atomic mass is 35.5. The van der Waals surface area contributed by atoms with Gasteiger partial charge in [0.25, 0.3) is 0 Å². The zero-order valence-corrected chi connectivity index (χ0v) is 8.43. The molecule has 0 aliphatic carbocycles. The summed E-state index contributed by atoms with van der Waals surface area (Å²) in [6, 6.07) is 8.50. The SMILES string of the molecule is CC(C)Cc1cccc(CCl)c1. The van der Waals surface area contributed by atoms with E-state index >= 15 is 0 Å². The molecule has 0 aromatic heterocycles. The van der Waals surface area contributed by atoms with E-state index in [1.807, 2.05) is 0 Å². The summed E-state index contributed by atoms with van der Waals surface area (Å²) in [6.45, 7) is 4.46. The molecule has 1 aromatic carbocycles. The first-order chi connectivity index (χ1) is 5.72.